The van der Waals surface area contributed by atoms with Crippen molar-refractivity contribution in [2.75, 3.05) is 13.2 Å². The lowest BCUT2D eigenvalue weighted by atomic mass is 9.86. The minimum Gasteiger partial charge on any atom is -0.388 e. The predicted molar refractivity (Wildman–Crippen MR) is 59.8 cm³/mol. The van der Waals surface area contributed by atoms with E-state index in [1.807, 2.05) is 6.92 Å². The summed E-state index contributed by atoms with van der Waals surface area (Å²) < 4.78 is 11.2. The molecule has 1 N–H and O–H groups in total. The fraction of sp³-hybridized carbons (Fsp3) is 1.00. The first-order chi connectivity index (χ1) is 7.11. The van der Waals surface area contributed by atoms with Crippen LogP contribution in [0.2, 0.25) is 0 Å². The molecule has 0 radical (unpaired) electrons. The monoisotopic (exact) mass is 216 g/mol. The smallest absolute Gasteiger partial charge is 0.112 e. The van der Waals surface area contributed by atoms with Crippen molar-refractivity contribution in [1.29, 1.82) is 0 Å². The van der Waals surface area contributed by atoms with E-state index in [-0.39, 0.29) is 12.2 Å². The summed E-state index contributed by atoms with van der Waals surface area (Å²) in [5.74, 6) is 1.03. The molecule has 5 atom stereocenters. The second-order valence-corrected chi connectivity index (χ2v) is 4.53. The largest absolute Gasteiger partial charge is 0.388 e. The minimum atomic E-state index is -0.457. The maximum absolute atomic E-state index is 9.74. The van der Waals surface area contributed by atoms with Crippen molar-refractivity contribution in [1.82, 2.24) is 0 Å². The quantitative estimate of drug-likeness (QED) is 0.762. The van der Waals surface area contributed by atoms with Gasteiger partial charge in [-0.25, -0.2) is 0 Å². The van der Waals surface area contributed by atoms with E-state index in [9.17, 15) is 5.11 Å². The molecule has 1 aliphatic heterocycles. The number of aliphatic hydroxyl groups is 1. The second kappa shape index (κ2) is 5.83. The summed E-state index contributed by atoms with van der Waals surface area (Å²) in [6.45, 7) is 9.59. The summed E-state index contributed by atoms with van der Waals surface area (Å²) >= 11 is 0. The van der Waals surface area contributed by atoms with Gasteiger partial charge in [-0.2, -0.15) is 0 Å². The lowest BCUT2D eigenvalue weighted by molar-refractivity contribution is -0.0576. The SMILES string of the molecule is CCOC1C(O)COC1C(C)C(C)CC. The van der Waals surface area contributed by atoms with Crippen LogP contribution in [0.3, 0.4) is 0 Å². The van der Waals surface area contributed by atoms with Crippen LogP contribution in [0.4, 0.5) is 0 Å². The molecule has 1 aliphatic rings. The highest BCUT2D eigenvalue weighted by Gasteiger charge is 2.41. The average molecular weight is 216 g/mol. The molecule has 0 amide bonds. The Morgan fingerprint density at radius 2 is 2.07 bits per heavy atom. The molecule has 0 spiro atoms. The van der Waals surface area contributed by atoms with E-state index < -0.39 is 6.10 Å². The van der Waals surface area contributed by atoms with Gasteiger partial charge in [0.1, 0.15) is 12.2 Å². The van der Waals surface area contributed by atoms with E-state index >= 15 is 0 Å². The van der Waals surface area contributed by atoms with Crippen molar-refractivity contribution < 1.29 is 14.6 Å². The van der Waals surface area contributed by atoms with E-state index in [4.69, 9.17) is 9.47 Å². The molecule has 3 heteroatoms. The van der Waals surface area contributed by atoms with Crippen LogP contribution in [0.15, 0.2) is 0 Å². The van der Waals surface area contributed by atoms with Crippen molar-refractivity contribution >= 4 is 0 Å². The zero-order valence-electron chi connectivity index (χ0n) is 10.3. The predicted octanol–water partition coefficient (Wildman–Crippen LogP) is 1.83. The average Bonchev–Trinajstić information content (AvgIpc) is 2.59. The van der Waals surface area contributed by atoms with E-state index in [0.29, 0.717) is 25.0 Å². The van der Waals surface area contributed by atoms with Gasteiger partial charge < -0.3 is 14.6 Å². The fourth-order valence-corrected chi connectivity index (χ4v) is 2.16. The highest BCUT2D eigenvalue weighted by Crippen LogP contribution is 2.29. The van der Waals surface area contributed by atoms with Gasteiger partial charge in [0.15, 0.2) is 0 Å². The van der Waals surface area contributed by atoms with E-state index in [1.54, 1.807) is 0 Å². The molecule has 0 saturated carbocycles. The normalized spacial score (nSPS) is 35.4. The zero-order valence-corrected chi connectivity index (χ0v) is 10.3. The van der Waals surface area contributed by atoms with Crippen LogP contribution in [0, 0.1) is 11.8 Å². The van der Waals surface area contributed by atoms with Crippen LogP contribution < -0.4 is 0 Å². The van der Waals surface area contributed by atoms with Gasteiger partial charge in [-0.05, 0) is 18.8 Å². The maximum atomic E-state index is 9.74. The summed E-state index contributed by atoms with van der Waals surface area (Å²) in [5, 5.41) is 9.74. The molecular formula is C12H24O3. The topological polar surface area (TPSA) is 38.7 Å². The Hall–Kier alpha value is -0.120. The number of hydrogen-bond acceptors (Lipinski definition) is 3. The van der Waals surface area contributed by atoms with Crippen LogP contribution in [-0.2, 0) is 9.47 Å². The zero-order chi connectivity index (χ0) is 11.4. The standard InChI is InChI=1S/C12H24O3/c1-5-8(3)9(4)11-12(14-6-2)10(13)7-15-11/h8-13H,5-7H2,1-4H3. The molecule has 1 rings (SSSR count). The Balaban J connectivity index is 2.59. The fourth-order valence-electron chi connectivity index (χ4n) is 2.16. The Kier molecular flexibility index (Phi) is 5.03. The van der Waals surface area contributed by atoms with E-state index in [2.05, 4.69) is 20.8 Å². The van der Waals surface area contributed by atoms with Crippen molar-refractivity contribution in [3.8, 4) is 0 Å². The molecule has 5 unspecified atom stereocenters. The lowest BCUT2D eigenvalue weighted by Crippen LogP contribution is -2.38. The third-order valence-electron chi connectivity index (χ3n) is 3.58. The van der Waals surface area contributed by atoms with Gasteiger partial charge in [-0.3, -0.25) is 0 Å². The summed E-state index contributed by atoms with van der Waals surface area (Å²) in [5.41, 5.74) is 0. The highest BCUT2D eigenvalue weighted by atomic mass is 16.6. The second-order valence-electron chi connectivity index (χ2n) is 4.53. The summed E-state index contributed by atoms with van der Waals surface area (Å²) in [4.78, 5) is 0. The minimum absolute atomic E-state index is 0.0508. The number of aliphatic hydroxyl groups excluding tert-OH is 1. The molecule has 0 aromatic heterocycles. The third kappa shape index (κ3) is 2.92. The maximum Gasteiger partial charge on any atom is 0.112 e. The van der Waals surface area contributed by atoms with Crippen molar-refractivity contribution in [2.45, 2.75) is 52.4 Å². The number of ether oxygens (including phenoxy) is 2. The van der Waals surface area contributed by atoms with Crippen LogP contribution >= 0.6 is 0 Å². The van der Waals surface area contributed by atoms with Crippen LogP contribution in [-0.4, -0.2) is 36.6 Å². The molecular weight excluding hydrogens is 192 g/mol. The molecule has 0 bridgehead atoms. The summed E-state index contributed by atoms with van der Waals surface area (Å²) in [6.07, 6.45) is 0.589. The Morgan fingerprint density at radius 1 is 1.40 bits per heavy atom. The Bertz CT molecular complexity index is 184. The van der Waals surface area contributed by atoms with E-state index in [1.165, 1.54) is 0 Å². The first kappa shape index (κ1) is 12.9. The van der Waals surface area contributed by atoms with Gasteiger partial charge >= 0.3 is 0 Å². The molecule has 1 fully saturated rings. The highest BCUT2D eigenvalue weighted by molar-refractivity contribution is 4.89. The third-order valence-corrected chi connectivity index (χ3v) is 3.58. The number of rotatable bonds is 5. The molecule has 3 nitrogen and oxygen atoms in total. The number of hydrogen-bond donors (Lipinski definition) is 1. The molecule has 0 aliphatic carbocycles. The van der Waals surface area contributed by atoms with Gasteiger partial charge in [0.2, 0.25) is 0 Å². The van der Waals surface area contributed by atoms with Crippen LogP contribution in [0.1, 0.15) is 34.1 Å². The molecule has 15 heavy (non-hydrogen) atoms. The van der Waals surface area contributed by atoms with E-state index in [0.717, 1.165) is 6.42 Å². The Morgan fingerprint density at radius 3 is 2.60 bits per heavy atom. The molecule has 1 saturated heterocycles. The molecule has 1 heterocycles. The summed E-state index contributed by atoms with van der Waals surface area (Å²) in [7, 11) is 0. The van der Waals surface area contributed by atoms with Crippen LogP contribution in [0.25, 0.3) is 0 Å². The lowest BCUT2D eigenvalue weighted by Gasteiger charge is -2.29. The first-order valence-corrected chi connectivity index (χ1v) is 6.03. The Labute approximate surface area is 92.8 Å². The van der Waals surface area contributed by atoms with Crippen molar-refractivity contribution in [3.63, 3.8) is 0 Å². The van der Waals surface area contributed by atoms with Gasteiger partial charge in [-0.15, -0.1) is 0 Å². The molecule has 0 aromatic carbocycles. The van der Waals surface area contributed by atoms with Gasteiger partial charge in [0.05, 0.1) is 12.7 Å². The summed E-state index contributed by atoms with van der Waals surface area (Å²) in [6, 6.07) is 0. The van der Waals surface area contributed by atoms with Gasteiger partial charge in [0, 0.05) is 6.61 Å². The van der Waals surface area contributed by atoms with Gasteiger partial charge in [0.25, 0.3) is 0 Å². The van der Waals surface area contributed by atoms with Gasteiger partial charge in [-0.1, -0.05) is 27.2 Å². The molecule has 90 valence electrons. The molecule has 0 aromatic rings. The van der Waals surface area contributed by atoms with Crippen LogP contribution in [0.5, 0.6) is 0 Å². The van der Waals surface area contributed by atoms with Crippen molar-refractivity contribution in [2.24, 2.45) is 11.8 Å². The first-order valence-electron chi connectivity index (χ1n) is 6.03. The van der Waals surface area contributed by atoms with Crippen molar-refractivity contribution in [3.05, 3.63) is 0 Å².